The Morgan fingerprint density at radius 2 is 2.17 bits per heavy atom. The van der Waals surface area contributed by atoms with Crippen molar-refractivity contribution in [2.75, 3.05) is 10.5 Å². The van der Waals surface area contributed by atoms with E-state index < -0.39 is 10.0 Å². The van der Waals surface area contributed by atoms with Crippen molar-refractivity contribution in [3.8, 4) is 0 Å². The van der Waals surface area contributed by atoms with Gasteiger partial charge in [0.05, 0.1) is 11.2 Å². The van der Waals surface area contributed by atoms with Gasteiger partial charge in [0.1, 0.15) is 10.7 Å². The summed E-state index contributed by atoms with van der Waals surface area (Å²) in [5.41, 5.74) is 6.56. The molecule has 2 aromatic rings. The van der Waals surface area contributed by atoms with Crippen LogP contribution in [0.4, 0.5) is 11.5 Å². The largest absolute Gasteiger partial charge is 0.399 e. The van der Waals surface area contributed by atoms with Crippen LogP contribution in [0.2, 0.25) is 5.02 Å². The zero-order valence-corrected chi connectivity index (χ0v) is 11.0. The van der Waals surface area contributed by atoms with E-state index in [2.05, 4.69) is 14.9 Å². The summed E-state index contributed by atoms with van der Waals surface area (Å²) in [5.74, 6) is 0.300. The van der Waals surface area contributed by atoms with Gasteiger partial charge in [-0.3, -0.25) is 9.82 Å². The number of nitrogens with one attached hydrogen (secondary N) is 2. The monoisotopic (exact) mass is 286 g/mol. The molecule has 18 heavy (non-hydrogen) atoms. The number of rotatable bonds is 3. The van der Waals surface area contributed by atoms with Gasteiger partial charge in [0.2, 0.25) is 0 Å². The lowest BCUT2D eigenvalue weighted by Crippen LogP contribution is -2.14. The van der Waals surface area contributed by atoms with Crippen LogP contribution in [0.3, 0.4) is 0 Å². The van der Waals surface area contributed by atoms with Crippen LogP contribution in [0.25, 0.3) is 0 Å². The topological polar surface area (TPSA) is 101 Å². The summed E-state index contributed by atoms with van der Waals surface area (Å²) in [7, 11) is -3.79. The molecule has 2 rings (SSSR count). The number of hydrogen-bond donors (Lipinski definition) is 3. The number of nitrogens with zero attached hydrogens (tertiary/aromatic N) is 1. The SMILES string of the molecule is Cc1cn[nH]c1NS(=O)(=O)c1cc(N)ccc1Cl. The molecule has 0 amide bonds. The van der Waals surface area contributed by atoms with Crippen molar-refractivity contribution < 1.29 is 8.42 Å². The smallest absolute Gasteiger partial charge is 0.264 e. The molecule has 1 heterocycles. The molecule has 6 nitrogen and oxygen atoms in total. The minimum Gasteiger partial charge on any atom is -0.399 e. The highest BCUT2D eigenvalue weighted by Crippen LogP contribution is 2.25. The summed E-state index contributed by atoms with van der Waals surface area (Å²) in [5, 5.41) is 6.39. The van der Waals surface area contributed by atoms with Gasteiger partial charge in [0.25, 0.3) is 10.0 Å². The molecule has 8 heteroatoms. The second kappa shape index (κ2) is 4.51. The van der Waals surface area contributed by atoms with Crippen molar-refractivity contribution in [3.63, 3.8) is 0 Å². The number of nitrogen functional groups attached to an aromatic ring is 1. The van der Waals surface area contributed by atoms with Crippen LogP contribution in [0.15, 0.2) is 29.3 Å². The average Bonchev–Trinajstić information content (AvgIpc) is 2.67. The second-order valence-corrected chi connectivity index (χ2v) is 5.78. The molecule has 0 aliphatic heterocycles. The average molecular weight is 287 g/mol. The third-order valence-electron chi connectivity index (χ3n) is 2.31. The fourth-order valence-corrected chi connectivity index (χ4v) is 2.99. The van der Waals surface area contributed by atoms with E-state index in [1.165, 1.54) is 24.4 Å². The maximum absolute atomic E-state index is 12.1. The number of anilines is 2. The van der Waals surface area contributed by atoms with E-state index in [4.69, 9.17) is 17.3 Å². The van der Waals surface area contributed by atoms with Gasteiger partial charge in [0, 0.05) is 11.3 Å². The number of aromatic amines is 1. The molecular formula is C10H11ClN4O2S. The molecular weight excluding hydrogens is 276 g/mol. The van der Waals surface area contributed by atoms with Crippen molar-refractivity contribution >= 4 is 33.1 Å². The minimum absolute atomic E-state index is 0.0711. The third kappa shape index (κ3) is 2.41. The van der Waals surface area contributed by atoms with Crippen LogP contribution in [0, 0.1) is 6.92 Å². The first-order valence-corrected chi connectivity index (χ1v) is 6.84. The predicted molar refractivity (Wildman–Crippen MR) is 70.0 cm³/mol. The highest BCUT2D eigenvalue weighted by Gasteiger charge is 2.19. The van der Waals surface area contributed by atoms with Crippen LogP contribution >= 0.6 is 11.6 Å². The molecule has 0 atom stereocenters. The van der Waals surface area contributed by atoms with E-state index in [1.54, 1.807) is 6.92 Å². The van der Waals surface area contributed by atoms with E-state index in [1.807, 2.05) is 0 Å². The Bertz CT molecular complexity index is 681. The lowest BCUT2D eigenvalue weighted by atomic mass is 10.3. The minimum atomic E-state index is -3.79. The lowest BCUT2D eigenvalue weighted by Gasteiger charge is -2.09. The first-order valence-electron chi connectivity index (χ1n) is 4.98. The Labute approximate surface area is 109 Å². The standard InChI is InChI=1S/C10H11ClN4O2S/c1-6-5-13-14-10(6)15-18(16,17)9-4-7(12)2-3-8(9)11/h2-5H,12H2,1H3,(H2,13,14,15). The number of H-pyrrole nitrogens is 1. The number of aromatic nitrogens is 2. The molecule has 1 aromatic heterocycles. The third-order valence-corrected chi connectivity index (χ3v) is 4.14. The number of benzene rings is 1. The van der Waals surface area contributed by atoms with Crippen LogP contribution in [-0.2, 0) is 10.0 Å². The fraction of sp³-hybridized carbons (Fsp3) is 0.100. The molecule has 0 unspecified atom stereocenters. The highest BCUT2D eigenvalue weighted by atomic mass is 35.5. The first-order chi connectivity index (χ1) is 8.40. The number of sulfonamides is 1. The summed E-state index contributed by atoms with van der Waals surface area (Å²) in [6.45, 7) is 1.72. The maximum Gasteiger partial charge on any atom is 0.264 e. The Balaban J connectivity index is 2.43. The molecule has 0 radical (unpaired) electrons. The summed E-state index contributed by atoms with van der Waals surface area (Å²) in [6, 6.07) is 4.27. The van der Waals surface area contributed by atoms with Crippen LogP contribution in [0.5, 0.6) is 0 Å². The Hall–Kier alpha value is -1.73. The lowest BCUT2D eigenvalue weighted by molar-refractivity contribution is 0.601. The number of nitrogens with two attached hydrogens (primary N) is 1. The predicted octanol–water partition coefficient (Wildman–Crippen LogP) is 1.75. The van der Waals surface area contributed by atoms with E-state index in [9.17, 15) is 8.42 Å². The molecule has 0 aliphatic carbocycles. The Morgan fingerprint density at radius 1 is 1.44 bits per heavy atom. The van der Waals surface area contributed by atoms with Gasteiger partial charge in [0.15, 0.2) is 0 Å². The second-order valence-electron chi connectivity index (χ2n) is 3.72. The van der Waals surface area contributed by atoms with Crippen molar-refractivity contribution in [1.29, 1.82) is 0 Å². The van der Waals surface area contributed by atoms with Gasteiger partial charge in [-0.25, -0.2) is 8.42 Å². The highest BCUT2D eigenvalue weighted by molar-refractivity contribution is 7.92. The number of aryl methyl sites for hydroxylation is 1. The summed E-state index contributed by atoms with van der Waals surface area (Å²) < 4.78 is 26.6. The molecule has 4 N–H and O–H groups in total. The summed E-state index contributed by atoms with van der Waals surface area (Å²) in [6.07, 6.45) is 1.51. The Morgan fingerprint density at radius 3 is 2.78 bits per heavy atom. The van der Waals surface area contributed by atoms with Crippen molar-refractivity contribution in [2.24, 2.45) is 0 Å². The van der Waals surface area contributed by atoms with Gasteiger partial charge >= 0.3 is 0 Å². The number of halogens is 1. The van der Waals surface area contributed by atoms with E-state index in [0.29, 0.717) is 17.1 Å². The van der Waals surface area contributed by atoms with E-state index >= 15 is 0 Å². The van der Waals surface area contributed by atoms with Gasteiger partial charge < -0.3 is 5.73 Å². The van der Waals surface area contributed by atoms with Gasteiger partial charge in [-0.15, -0.1) is 0 Å². The molecule has 0 saturated heterocycles. The molecule has 1 aromatic carbocycles. The molecule has 0 bridgehead atoms. The fourth-order valence-electron chi connectivity index (χ4n) is 1.36. The molecule has 0 fully saturated rings. The molecule has 96 valence electrons. The normalized spacial score (nSPS) is 11.4. The van der Waals surface area contributed by atoms with Gasteiger partial charge in [-0.2, -0.15) is 5.10 Å². The Kier molecular flexibility index (Phi) is 3.18. The van der Waals surface area contributed by atoms with Crippen LogP contribution < -0.4 is 10.5 Å². The summed E-state index contributed by atoms with van der Waals surface area (Å²) in [4.78, 5) is -0.0711. The summed E-state index contributed by atoms with van der Waals surface area (Å²) >= 11 is 5.86. The van der Waals surface area contributed by atoms with E-state index in [-0.39, 0.29) is 9.92 Å². The molecule has 0 saturated carbocycles. The molecule has 0 spiro atoms. The zero-order valence-electron chi connectivity index (χ0n) is 9.44. The molecule has 0 aliphatic rings. The first kappa shape index (κ1) is 12.7. The van der Waals surface area contributed by atoms with Crippen molar-refractivity contribution in [2.45, 2.75) is 11.8 Å². The van der Waals surface area contributed by atoms with E-state index in [0.717, 1.165) is 0 Å². The quantitative estimate of drug-likeness (QED) is 0.748. The van der Waals surface area contributed by atoms with Crippen LogP contribution in [-0.4, -0.2) is 18.6 Å². The van der Waals surface area contributed by atoms with Crippen molar-refractivity contribution in [3.05, 3.63) is 35.0 Å². The maximum atomic E-state index is 12.1. The van der Waals surface area contributed by atoms with Gasteiger partial charge in [-0.05, 0) is 25.1 Å². The zero-order chi connectivity index (χ0) is 13.3. The van der Waals surface area contributed by atoms with Crippen molar-refractivity contribution in [1.82, 2.24) is 10.2 Å². The van der Waals surface area contributed by atoms with Crippen LogP contribution in [0.1, 0.15) is 5.56 Å². The van der Waals surface area contributed by atoms with Gasteiger partial charge in [-0.1, -0.05) is 11.6 Å². The number of hydrogen-bond acceptors (Lipinski definition) is 4.